The molecule has 37 heavy (non-hydrogen) atoms. The maximum absolute atomic E-state index is 12.6. The molecule has 1 fully saturated rings. The fourth-order valence-corrected chi connectivity index (χ4v) is 4.40. The number of fused-ring (bicyclic) bond motifs is 1. The fourth-order valence-electron chi connectivity index (χ4n) is 4.40. The molecule has 0 saturated carbocycles. The minimum atomic E-state index is -0.205. The fraction of sp³-hybridized carbons (Fsp3) is 0.321. The van der Waals surface area contributed by atoms with Crippen molar-refractivity contribution in [3.05, 3.63) is 72.1 Å². The van der Waals surface area contributed by atoms with Crippen molar-refractivity contribution in [2.75, 3.05) is 44.6 Å². The summed E-state index contributed by atoms with van der Waals surface area (Å²) in [5, 5.41) is 9.68. The molecular formula is C28H33N7O2. The molecule has 0 bridgehead atoms. The van der Waals surface area contributed by atoms with Gasteiger partial charge in [0.1, 0.15) is 17.2 Å². The molecule has 3 N–H and O–H groups in total. The number of nitrogens with one attached hydrogen (secondary N) is 3. The van der Waals surface area contributed by atoms with Gasteiger partial charge in [0.05, 0.1) is 11.0 Å². The van der Waals surface area contributed by atoms with Crippen molar-refractivity contribution in [3.63, 3.8) is 0 Å². The van der Waals surface area contributed by atoms with E-state index in [4.69, 9.17) is 9.72 Å². The predicted octanol–water partition coefficient (Wildman–Crippen LogP) is 3.70. The van der Waals surface area contributed by atoms with Gasteiger partial charge in [0.15, 0.2) is 0 Å². The average Bonchev–Trinajstić information content (AvgIpc) is 3.24. The first-order valence-corrected chi connectivity index (χ1v) is 12.8. The molecule has 2 aromatic carbocycles. The first kappa shape index (κ1) is 24.7. The summed E-state index contributed by atoms with van der Waals surface area (Å²) in [6.07, 6.45) is 2.60. The Morgan fingerprint density at radius 1 is 1.05 bits per heavy atom. The minimum Gasteiger partial charge on any atom is -0.457 e. The van der Waals surface area contributed by atoms with Crippen LogP contribution < -0.4 is 20.7 Å². The van der Waals surface area contributed by atoms with Gasteiger partial charge in [-0.25, -0.2) is 4.98 Å². The van der Waals surface area contributed by atoms with Crippen LogP contribution in [0.5, 0.6) is 11.5 Å². The summed E-state index contributed by atoms with van der Waals surface area (Å²) >= 11 is 0. The molecule has 1 amide bonds. The molecular weight excluding hydrogens is 466 g/mol. The average molecular weight is 500 g/mol. The van der Waals surface area contributed by atoms with Crippen molar-refractivity contribution in [2.45, 2.75) is 13.3 Å². The third-order valence-corrected chi connectivity index (χ3v) is 6.59. The molecule has 0 unspecified atom stereocenters. The largest absolute Gasteiger partial charge is 0.457 e. The Morgan fingerprint density at radius 2 is 1.84 bits per heavy atom. The zero-order chi connectivity index (χ0) is 25.6. The molecule has 5 rings (SSSR count). The van der Waals surface area contributed by atoms with Crippen molar-refractivity contribution in [3.8, 4) is 11.5 Å². The Balaban J connectivity index is 1.23. The Bertz CT molecular complexity index is 1360. The summed E-state index contributed by atoms with van der Waals surface area (Å²) in [7, 11) is 1.98. The molecule has 0 atom stereocenters. The first-order chi connectivity index (χ1) is 18.1. The standard InChI is InChI=1S/C28H33N7O2/c1-3-20-4-6-21(7-5-20)32-28-33-24-18-22(8-9-26(24)34(28)2)37-23-10-11-30-25(19-23)27(36)31-14-17-35-15-12-29-13-16-35/h4-11,18-19,29H,3,12-17H2,1-2H3,(H,31,36)(H,32,33). The summed E-state index contributed by atoms with van der Waals surface area (Å²) < 4.78 is 8.08. The molecule has 192 valence electrons. The third-order valence-electron chi connectivity index (χ3n) is 6.59. The van der Waals surface area contributed by atoms with Crippen molar-refractivity contribution in [1.82, 2.24) is 30.1 Å². The molecule has 9 nitrogen and oxygen atoms in total. The zero-order valence-corrected chi connectivity index (χ0v) is 21.3. The number of amides is 1. The number of hydrogen-bond acceptors (Lipinski definition) is 7. The number of carbonyl (C=O) groups excluding carboxylic acids is 1. The second kappa shape index (κ2) is 11.4. The highest BCUT2D eigenvalue weighted by atomic mass is 16.5. The van der Waals surface area contributed by atoms with Crippen molar-refractivity contribution >= 4 is 28.6 Å². The minimum absolute atomic E-state index is 0.205. The van der Waals surface area contributed by atoms with Gasteiger partial charge in [-0.1, -0.05) is 19.1 Å². The van der Waals surface area contributed by atoms with Crippen LogP contribution in [0.25, 0.3) is 11.0 Å². The van der Waals surface area contributed by atoms with Crippen LogP contribution in [-0.2, 0) is 13.5 Å². The number of anilines is 2. The number of rotatable bonds is 9. The maximum atomic E-state index is 12.6. The molecule has 2 aromatic heterocycles. The highest BCUT2D eigenvalue weighted by Crippen LogP contribution is 2.28. The van der Waals surface area contributed by atoms with E-state index in [1.54, 1.807) is 18.3 Å². The topological polar surface area (TPSA) is 96.3 Å². The van der Waals surface area contributed by atoms with Crippen LogP contribution in [0.2, 0.25) is 0 Å². The van der Waals surface area contributed by atoms with Gasteiger partial charge in [0.25, 0.3) is 5.91 Å². The number of imidazole rings is 1. The van der Waals surface area contributed by atoms with E-state index in [-0.39, 0.29) is 5.91 Å². The maximum Gasteiger partial charge on any atom is 0.270 e. The van der Waals surface area contributed by atoms with Gasteiger partial charge in [-0.2, -0.15) is 0 Å². The lowest BCUT2D eigenvalue weighted by atomic mass is 10.1. The van der Waals surface area contributed by atoms with Crippen LogP contribution in [0, 0.1) is 0 Å². The Morgan fingerprint density at radius 3 is 2.62 bits per heavy atom. The van der Waals surface area contributed by atoms with E-state index < -0.39 is 0 Å². The lowest BCUT2D eigenvalue weighted by Gasteiger charge is -2.27. The van der Waals surface area contributed by atoms with Crippen LogP contribution in [0.4, 0.5) is 11.6 Å². The Hall–Kier alpha value is -3.95. The molecule has 9 heteroatoms. The van der Waals surface area contributed by atoms with Crippen LogP contribution >= 0.6 is 0 Å². The molecule has 4 aromatic rings. The van der Waals surface area contributed by atoms with E-state index in [9.17, 15) is 4.79 Å². The molecule has 0 radical (unpaired) electrons. The number of aryl methyl sites for hydroxylation is 2. The van der Waals surface area contributed by atoms with Gasteiger partial charge in [-0.15, -0.1) is 0 Å². The van der Waals surface area contributed by atoms with Crippen LogP contribution in [0.15, 0.2) is 60.8 Å². The number of aromatic nitrogens is 3. The van der Waals surface area contributed by atoms with Crippen molar-refractivity contribution in [2.24, 2.45) is 7.05 Å². The molecule has 0 spiro atoms. The van der Waals surface area contributed by atoms with Gasteiger partial charge in [0.2, 0.25) is 5.95 Å². The Kier molecular flexibility index (Phi) is 7.62. The van der Waals surface area contributed by atoms with Gasteiger partial charge in [-0.05, 0) is 42.3 Å². The number of ether oxygens (including phenoxy) is 1. The first-order valence-electron chi connectivity index (χ1n) is 12.8. The molecule has 3 heterocycles. The number of pyridine rings is 1. The van der Waals surface area contributed by atoms with Gasteiger partial charge >= 0.3 is 0 Å². The lowest BCUT2D eigenvalue weighted by Crippen LogP contribution is -2.46. The van der Waals surface area contributed by atoms with Gasteiger partial charge in [-0.3, -0.25) is 14.7 Å². The number of piperazine rings is 1. The quantitative estimate of drug-likeness (QED) is 0.323. The third kappa shape index (κ3) is 6.07. The Labute approximate surface area is 216 Å². The molecule has 1 aliphatic rings. The summed E-state index contributed by atoms with van der Waals surface area (Å²) in [4.78, 5) is 23.9. The summed E-state index contributed by atoms with van der Waals surface area (Å²) in [6, 6.07) is 17.5. The SMILES string of the molecule is CCc1ccc(Nc2nc3cc(Oc4ccnc(C(=O)NCCN5CCNCC5)c4)ccc3n2C)cc1. The highest BCUT2D eigenvalue weighted by molar-refractivity contribution is 5.92. The molecule has 1 aliphatic heterocycles. The number of carbonyl (C=O) groups is 1. The van der Waals surface area contributed by atoms with Gasteiger partial charge in [0, 0.05) is 70.3 Å². The lowest BCUT2D eigenvalue weighted by molar-refractivity contribution is 0.0942. The van der Waals surface area contributed by atoms with Crippen molar-refractivity contribution in [1.29, 1.82) is 0 Å². The summed E-state index contributed by atoms with van der Waals surface area (Å²) in [6.45, 7) is 7.54. The predicted molar refractivity (Wildman–Crippen MR) is 146 cm³/mol. The molecule has 1 saturated heterocycles. The second-order valence-corrected chi connectivity index (χ2v) is 9.15. The van der Waals surface area contributed by atoms with E-state index in [1.165, 1.54) is 5.56 Å². The second-order valence-electron chi connectivity index (χ2n) is 9.15. The van der Waals surface area contributed by atoms with Crippen LogP contribution in [-0.4, -0.2) is 64.6 Å². The normalized spacial score (nSPS) is 14.0. The number of benzene rings is 2. The zero-order valence-electron chi connectivity index (χ0n) is 21.3. The van der Waals surface area contributed by atoms with E-state index in [0.717, 1.165) is 61.8 Å². The van der Waals surface area contributed by atoms with E-state index in [2.05, 4.69) is 57.0 Å². The summed E-state index contributed by atoms with van der Waals surface area (Å²) in [5.74, 6) is 1.73. The van der Waals surface area contributed by atoms with Crippen LogP contribution in [0.1, 0.15) is 23.0 Å². The van der Waals surface area contributed by atoms with E-state index in [0.29, 0.717) is 23.7 Å². The van der Waals surface area contributed by atoms with E-state index in [1.807, 2.05) is 29.8 Å². The highest BCUT2D eigenvalue weighted by Gasteiger charge is 2.13. The number of nitrogens with zero attached hydrogens (tertiary/aromatic N) is 4. The molecule has 0 aliphatic carbocycles. The van der Waals surface area contributed by atoms with Crippen LogP contribution in [0.3, 0.4) is 0 Å². The van der Waals surface area contributed by atoms with E-state index >= 15 is 0 Å². The summed E-state index contributed by atoms with van der Waals surface area (Å²) in [5.41, 5.74) is 4.41. The number of hydrogen-bond donors (Lipinski definition) is 3. The van der Waals surface area contributed by atoms with Crippen molar-refractivity contribution < 1.29 is 9.53 Å². The van der Waals surface area contributed by atoms with Gasteiger partial charge < -0.3 is 25.3 Å². The smallest absolute Gasteiger partial charge is 0.270 e. The monoisotopic (exact) mass is 499 g/mol.